The molecular formula is C23H40NO2+. The van der Waals surface area contributed by atoms with Gasteiger partial charge in [0.25, 0.3) is 0 Å². The smallest absolute Gasteiger partial charge is 0.161 e. The van der Waals surface area contributed by atoms with Gasteiger partial charge in [0.2, 0.25) is 0 Å². The van der Waals surface area contributed by atoms with E-state index in [-0.39, 0.29) is 6.29 Å². The first kappa shape index (κ1) is 20.1. The topological polar surface area (TPSA) is 18.5 Å². The molecule has 0 amide bonds. The van der Waals surface area contributed by atoms with Crippen molar-refractivity contribution in [1.82, 2.24) is 0 Å². The van der Waals surface area contributed by atoms with Crippen molar-refractivity contribution < 1.29 is 14.0 Å². The second kappa shape index (κ2) is 9.03. The van der Waals surface area contributed by atoms with Gasteiger partial charge in [-0.3, -0.25) is 0 Å². The maximum atomic E-state index is 6.41. The monoisotopic (exact) mass is 362 g/mol. The molecule has 1 aliphatic carbocycles. The van der Waals surface area contributed by atoms with E-state index in [1.165, 1.54) is 61.7 Å². The Kier molecular flexibility index (Phi) is 6.98. The van der Waals surface area contributed by atoms with Crippen molar-refractivity contribution in [2.75, 3.05) is 33.3 Å². The molecule has 0 bridgehead atoms. The molecule has 3 heteroatoms. The van der Waals surface area contributed by atoms with E-state index in [0.717, 1.165) is 19.6 Å². The van der Waals surface area contributed by atoms with Crippen molar-refractivity contribution in [3.8, 4) is 0 Å². The number of piperidine rings is 1. The minimum atomic E-state index is 0.0157. The van der Waals surface area contributed by atoms with E-state index in [1.54, 1.807) is 5.57 Å². The van der Waals surface area contributed by atoms with Gasteiger partial charge in [-0.2, -0.15) is 0 Å². The summed E-state index contributed by atoms with van der Waals surface area (Å²) in [5.74, 6) is 1.18. The van der Waals surface area contributed by atoms with Gasteiger partial charge in [-0.1, -0.05) is 30.2 Å². The third kappa shape index (κ3) is 5.43. The molecule has 3 aliphatic rings. The predicted molar refractivity (Wildman–Crippen MR) is 108 cm³/mol. The number of rotatable bonds is 6. The summed E-state index contributed by atoms with van der Waals surface area (Å²) in [4.78, 5) is 0. The van der Waals surface area contributed by atoms with E-state index in [0.29, 0.717) is 17.9 Å². The van der Waals surface area contributed by atoms with Gasteiger partial charge < -0.3 is 14.0 Å². The number of likely N-dealkylation sites (N-methyl/N-ethyl adjacent to an activating group) is 1. The van der Waals surface area contributed by atoms with Gasteiger partial charge in [0.15, 0.2) is 6.29 Å². The second-order valence-corrected chi connectivity index (χ2v) is 9.53. The summed E-state index contributed by atoms with van der Waals surface area (Å²) in [6.07, 6.45) is 14.0. The van der Waals surface area contributed by atoms with Crippen molar-refractivity contribution in [2.45, 2.75) is 78.1 Å². The lowest BCUT2D eigenvalue weighted by molar-refractivity contribution is -0.916. The number of nitrogens with zero attached hydrogens (tertiary/aromatic N) is 1. The number of hydrogen-bond acceptors (Lipinski definition) is 2. The van der Waals surface area contributed by atoms with Crippen LogP contribution >= 0.6 is 0 Å². The molecule has 4 atom stereocenters. The van der Waals surface area contributed by atoms with Crippen LogP contribution in [0, 0.1) is 11.8 Å². The van der Waals surface area contributed by atoms with E-state index in [9.17, 15) is 0 Å². The average Bonchev–Trinajstić information content (AvgIpc) is 3.02. The van der Waals surface area contributed by atoms with E-state index in [1.807, 2.05) is 0 Å². The summed E-state index contributed by atoms with van der Waals surface area (Å²) in [5, 5.41) is 0. The van der Waals surface area contributed by atoms with Crippen LogP contribution in [0.2, 0.25) is 0 Å². The zero-order valence-corrected chi connectivity index (χ0v) is 17.5. The molecule has 0 aromatic rings. The van der Waals surface area contributed by atoms with E-state index < -0.39 is 0 Å². The van der Waals surface area contributed by atoms with Crippen LogP contribution in [-0.4, -0.2) is 50.2 Å². The average molecular weight is 363 g/mol. The number of likely N-dealkylation sites (tertiary alicyclic amines) is 1. The van der Waals surface area contributed by atoms with Crippen LogP contribution in [0.4, 0.5) is 0 Å². The van der Waals surface area contributed by atoms with Gasteiger partial charge in [-0.25, -0.2) is 0 Å². The van der Waals surface area contributed by atoms with E-state index >= 15 is 0 Å². The molecule has 0 radical (unpaired) electrons. The molecule has 2 fully saturated rings. The quantitative estimate of drug-likeness (QED) is 0.485. The maximum Gasteiger partial charge on any atom is 0.161 e. The Morgan fingerprint density at radius 2 is 2.00 bits per heavy atom. The lowest BCUT2D eigenvalue weighted by Gasteiger charge is -2.39. The fourth-order valence-electron chi connectivity index (χ4n) is 5.05. The SMILES string of the molecule is CC(C)=CCCC1=CC[C@H]([C@@H]2OC[C@@H](C[N+]3(C)CCCCC3)O2)[C@@H](C)C1. The fraction of sp³-hybridized carbons (Fsp3) is 0.826. The van der Waals surface area contributed by atoms with Crippen LogP contribution in [0.15, 0.2) is 23.3 Å². The summed E-state index contributed by atoms with van der Waals surface area (Å²) >= 11 is 0. The molecule has 2 heterocycles. The molecule has 3 rings (SSSR count). The standard InChI is InChI=1S/C23H40NO2/c1-18(2)9-8-10-20-11-12-22(19(3)15-20)23-25-17-21(26-23)16-24(4)13-6-5-7-14-24/h9,11,19,21-23H,5-8,10,12-17H2,1-4H3/q+1/t19-,21+,22-,23+/m0/s1. The van der Waals surface area contributed by atoms with Gasteiger partial charge >= 0.3 is 0 Å². The Balaban J connectivity index is 1.48. The van der Waals surface area contributed by atoms with Gasteiger partial charge in [0.05, 0.1) is 26.7 Å². The summed E-state index contributed by atoms with van der Waals surface area (Å²) in [6.45, 7) is 11.3. The first-order valence-corrected chi connectivity index (χ1v) is 10.9. The third-order valence-corrected chi connectivity index (χ3v) is 6.67. The van der Waals surface area contributed by atoms with E-state index in [2.05, 4.69) is 40.0 Å². The van der Waals surface area contributed by atoms with Crippen LogP contribution in [0.5, 0.6) is 0 Å². The molecule has 2 aliphatic heterocycles. The van der Waals surface area contributed by atoms with Crippen LogP contribution in [0.1, 0.15) is 65.7 Å². The maximum absolute atomic E-state index is 6.41. The minimum Gasteiger partial charge on any atom is -0.349 e. The number of allylic oxidation sites excluding steroid dienone is 4. The van der Waals surface area contributed by atoms with Crippen LogP contribution in [0.3, 0.4) is 0 Å². The third-order valence-electron chi connectivity index (χ3n) is 6.67. The Labute approximate surface area is 161 Å². The summed E-state index contributed by atoms with van der Waals surface area (Å²) in [7, 11) is 2.40. The van der Waals surface area contributed by atoms with Crippen molar-refractivity contribution in [3.05, 3.63) is 23.3 Å². The molecule has 3 nitrogen and oxygen atoms in total. The van der Waals surface area contributed by atoms with Crippen LogP contribution in [0.25, 0.3) is 0 Å². The zero-order valence-electron chi connectivity index (χ0n) is 17.5. The van der Waals surface area contributed by atoms with Gasteiger partial charge in [-0.05, 0) is 64.7 Å². The molecule has 0 spiro atoms. The molecule has 2 saturated heterocycles. The number of ether oxygens (including phenoxy) is 2. The highest BCUT2D eigenvalue weighted by atomic mass is 16.7. The Bertz CT molecular complexity index is 514. The van der Waals surface area contributed by atoms with Gasteiger partial charge in [0.1, 0.15) is 12.6 Å². The Morgan fingerprint density at radius 1 is 1.23 bits per heavy atom. The highest BCUT2D eigenvalue weighted by Gasteiger charge is 2.40. The summed E-state index contributed by atoms with van der Waals surface area (Å²) < 4.78 is 13.7. The van der Waals surface area contributed by atoms with E-state index in [4.69, 9.17) is 9.47 Å². The summed E-state index contributed by atoms with van der Waals surface area (Å²) in [6, 6.07) is 0. The zero-order chi connectivity index (χ0) is 18.6. The molecule has 0 saturated carbocycles. The van der Waals surface area contributed by atoms with Crippen LogP contribution < -0.4 is 0 Å². The van der Waals surface area contributed by atoms with Crippen LogP contribution in [-0.2, 0) is 9.47 Å². The first-order chi connectivity index (χ1) is 12.5. The van der Waals surface area contributed by atoms with Crippen molar-refractivity contribution >= 4 is 0 Å². The number of quaternary nitrogens is 1. The fourth-order valence-corrected chi connectivity index (χ4v) is 5.05. The van der Waals surface area contributed by atoms with Crippen molar-refractivity contribution in [1.29, 1.82) is 0 Å². The highest BCUT2D eigenvalue weighted by Crippen LogP contribution is 2.37. The molecule has 148 valence electrons. The highest BCUT2D eigenvalue weighted by molar-refractivity contribution is 5.10. The minimum absolute atomic E-state index is 0.0157. The normalized spacial score (nSPS) is 34.4. The molecule has 0 N–H and O–H groups in total. The first-order valence-electron chi connectivity index (χ1n) is 10.9. The lowest BCUT2D eigenvalue weighted by Crippen LogP contribution is -2.52. The van der Waals surface area contributed by atoms with Gasteiger partial charge in [-0.15, -0.1) is 0 Å². The molecule has 0 aromatic heterocycles. The van der Waals surface area contributed by atoms with Crippen molar-refractivity contribution in [2.24, 2.45) is 11.8 Å². The van der Waals surface area contributed by atoms with Crippen molar-refractivity contribution in [3.63, 3.8) is 0 Å². The predicted octanol–water partition coefficient (Wildman–Crippen LogP) is 5.08. The Hall–Kier alpha value is -0.640. The largest absolute Gasteiger partial charge is 0.349 e. The molecule has 0 unspecified atom stereocenters. The lowest BCUT2D eigenvalue weighted by atomic mass is 9.79. The second-order valence-electron chi connectivity index (χ2n) is 9.53. The number of hydrogen-bond donors (Lipinski definition) is 0. The summed E-state index contributed by atoms with van der Waals surface area (Å²) in [5.41, 5.74) is 3.06. The molecular weight excluding hydrogens is 322 g/mol. The molecule has 0 aromatic carbocycles. The van der Waals surface area contributed by atoms with Gasteiger partial charge in [0, 0.05) is 5.92 Å². The Morgan fingerprint density at radius 3 is 2.69 bits per heavy atom. The molecule has 26 heavy (non-hydrogen) atoms.